The first-order valence-electron chi connectivity index (χ1n) is 10.0. The van der Waals surface area contributed by atoms with E-state index >= 15 is 0 Å². The number of piperazine rings is 1. The Balaban J connectivity index is 1.30. The lowest BCUT2D eigenvalue weighted by molar-refractivity contribution is 0.0947. The number of hydrogen-bond acceptors (Lipinski definition) is 6. The van der Waals surface area contributed by atoms with Crippen LogP contribution in [0.5, 0.6) is 5.75 Å². The van der Waals surface area contributed by atoms with Crippen molar-refractivity contribution in [2.24, 2.45) is 0 Å². The van der Waals surface area contributed by atoms with E-state index in [4.69, 9.17) is 21.3 Å². The van der Waals surface area contributed by atoms with E-state index in [9.17, 15) is 4.79 Å². The summed E-state index contributed by atoms with van der Waals surface area (Å²) in [4.78, 5) is 21.8. The van der Waals surface area contributed by atoms with E-state index in [0.29, 0.717) is 17.3 Å². The quantitative estimate of drug-likeness (QED) is 0.626. The summed E-state index contributed by atoms with van der Waals surface area (Å²) < 4.78 is 6.51. The van der Waals surface area contributed by atoms with Crippen LogP contribution in [0.15, 0.2) is 36.4 Å². The minimum atomic E-state index is -0.00572. The smallest absolute Gasteiger partial charge is 0.251 e. The van der Waals surface area contributed by atoms with Crippen LogP contribution < -0.4 is 15.0 Å². The maximum atomic E-state index is 12.3. The first-order valence-corrected chi connectivity index (χ1v) is 11.2. The second-order valence-electron chi connectivity index (χ2n) is 7.32. The molecule has 2 aromatic carbocycles. The standard InChI is InChI=1S/C22H25ClN4O2S/c1-15-5-3-4-6-16(15)21(28)24-9-10-26-11-13-27(14-12-26)22-25-19-18(30-22)8-7-17(23)20(19)29-2/h3-8H,9-14H2,1-2H3,(H,24,28). The van der Waals surface area contributed by atoms with Crippen LogP contribution >= 0.6 is 22.9 Å². The Morgan fingerprint density at radius 1 is 1.20 bits per heavy atom. The molecule has 1 saturated heterocycles. The Morgan fingerprint density at radius 3 is 2.70 bits per heavy atom. The zero-order chi connectivity index (χ0) is 21.1. The molecule has 158 valence electrons. The number of nitrogens with zero attached hydrogens (tertiary/aromatic N) is 3. The summed E-state index contributed by atoms with van der Waals surface area (Å²) in [6.45, 7) is 7.13. The SMILES string of the molecule is COc1c(Cl)ccc2sc(N3CCN(CCNC(=O)c4ccccc4C)CC3)nc12. The van der Waals surface area contributed by atoms with Crippen LogP contribution in [0.3, 0.4) is 0 Å². The molecular formula is C22H25ClN4O2S. The van der Waals surface area contributed by atoms with Crippen LogP contribution in [0.1, 0.15) is 15.9 Å². The van der Waals surface area contributed by atoms with Gasteiger partial charge in [0.1, 0.15) is 5.52 Å². The van der Waals surface area contributed by atoms with Crippen molar-refractivity contribution in [1.29, 1.82) is 0 Å². The fraction of sp³-hybridized carbons (Fsp3) is 0.364. The lowest BCUT2D eigenvalue weighted by atomic mass is 10.1. The molecule has 0 atom stereocenters. The van der Waals surface area contributed by atoms with Gasteiger partial charge in [0, 0.05) is 44.8 Å². The first kappa shape index (κ1) is 20.9. The van der Waals surface area contributed by atoms with Gasteiger partial charge < -0.3 is 15.0 Å². The van der Waals surface area contributed by atoms with Crippen molar-refractivity contribution in [2.45, 2.75) is 6.92 Å². The van der Waals surface area contributed by atoms with Crippen LogP contribution in [0.4, 0.5) is 5.13 Å². The van der Waals surface area contributed by atoms with Crippen molar-refractivity contribution in [1.82, 2.24) is 15.2 Å². The predicted octanol–water partition coefficient (Wildman–Crippen LogP) is 3.82. The number of nitrogens with one attached hydrogen (secondary N) is 1. The first-order chi connectivity index (χ1) is 14.6. The summed E-state index contributed by atoms with van der Waals surface area (Å²) in [7, 11) is 1.62. The minimum Gasteiger partial charge on any atom is -0.493 e. The fourth-order valence-corrected chi connectivity index (χ4v) is 4.92. The number of fused-ring (bicyclic) bond motifs is 1. The number of methoxy groups -OCH3 is 1. The number of aryl methyl sites for hydroxylation is 1. The van der Waals surface area contributed by atoms with Crippen molar-refractivity contribution in [2.75, 3.05) is 51.3 Å². The van der Waals surface area contributed by atoms with Crippen molar-refractivity contribution in [3.05, 3.63) is 52.5 Å². The molecule has 0 radical (unpaired) electrons. The van der Waals surface area contributed by atoms with Gasteiger partial charge in [-0.15, -0.1) is 0 Å². The highest BCUT2D eigenvalue weighted by molar-refractivity contribution is 7.22. The number of thiazole rings is 1. The Hall–Kier alpha value is -2.35. The average molecular weight is 445 g/mol. The van der Waals surface area contributed by atoms with Crippen LogP contribution in [-0.2, 0) is 0 Å². The topological polar surface area (TPSA) is 57.7 Å². The van der Waals surface area contributed by atoms with Gasteiger partial charge in [0.2, 0.25) is 0 Å². The number of aromatic nitrogens is 1. The van der Waals surface area contributed by atoms with E-state index in [0.717, 1.165) is 59.2 Å². The third kappa shape index (κ3) is 4.38. The Morgan fingerprint density at radius 2 is 1.97 bits per heavy atom. The van der Waals surface area contributed by atoms with Crippen LogP contribution in [0.25, 0.3) is 10.2 Å². The van der Waals surface area contributed by atoms with Gasteiger partial charge in [-0.3, -0.25) is 9.69 Å². The molecule has 4 rings (SSSR count). The zero-order valence-electron chi connectivity index (χ0n) is 17.2. The number of carbonyl (C=O) groups is 1. The summed E-state index contributed by atoms with van der Waals surface area (Å²) >= 11 is 7.89. The molecule has 1 aliphatic rings. The fourth-order valence-electron chi connectivity index (χ4n) is 3.68. The molecule has 0 saturated carbocycles. The molecule has 0 aliphatic carbocycles. The Bertz CT molecular complexity index is 1050. The Kier molecular flexibility index (Phi) is 6.41. The van der Waals surface area contributed by atoms with E-state index in [2.05, 4.69) is 15.1 Å². The van der Waals surface area contributed by atoms with Crippen molar-refractivity contribution >= 4 is 44.2 Å². The van der Waals surface area contributed by atoms with Gasteiger partial charge in [0.15, 0.2) is 10.9 Å². The molecule has 3 aromatic rings. The van der Waals surface area contributed by atoms with Gasteiger partial charge in [0.05, 0.1) is 16.8 Å². The van der Waals surface area contributed by atoms with Gasteiger partial charge >= 0.3 is 0 Å². The number of benzene rings is 2. The molecule has 1 aromatic heterocycles. The lowest BCUT2D eigenvalue weighted by Gasteiger charge is -2.34. The third-order valence-electron chi connectivity index (χ3n) is 5.41. The van der Waals surface area contributed by atoms with Crippen molar-refractivity contribution in [3.8, 4) is 5.75 Å². The van der Waals surface area contributed by atoms with Gasteiger partial charge in [-0.1, -0.05) is 41.1 Å². The molecule has 2 heterocycles. The monoisotopic (exact) mass is 444 g/mol. The summed E-state index contributed by atoms with van der Waals surface area (Å²) in [5.74, 6) is 0.633. The Labute approximate surface area is 185 Å². The van der Waals surface area contributed by atoms with E-state index < -0.39 is 0 Å². The van der Waals surface area contributed by atoms with Gasteiger partial charge in [-0.05, 0) is 30.7 Å². The summed E-state index contributed by atoms with van der Waals surface area (Å²) in [5, 5.41) is 4.62. The number of halogens is 1. The highest BCUT2D eigenvalue weighted by atomic mass is 35.5. The molecule has 30 heavy (non-hydrogen) atoms. The normalized spacial score (nSPS) is 14.8. The molecule has 1 fully saturated rings. The van der Waals surface area contributed by atoms with E-state index in [1.807, 2.05) is 43.3 Å². The van der Waals surface area contributed by atoms with Gasteiger partial charge in [-0.2, -0.15) is 0 Å². The molecule has 1 aliphatic heterocycles. The van der Waals surface area contributed by atoms with Crippen LogP contribution in [0, 0.1) is 6.92 Å². The maximum Gasteiger partial charge on any atom is 0.251 e. The largest absolute Gasteiger partial charge is 0.493 e. The number of carbonyl (C=O) groups excluding carboxylic acids is 1. The predicted molar refractivity (Wildman–Crippen MR) is 123 cm³/mol. The molecule has 0 bridgehead atoms. The van der Waals surface area contributed by atoms with Crippen molar-refractivity contribution in [3.63, 3.8) is 0 Å². The lowest BCUT2D eigenvalue weighted by Crippen LogP contribution is -2.48. The summed E-state index contributed by atoms with van der Waals surface area (Å²) in [6.07, 6.45) is 0. The van der Waals surface area contributed by atoms with Crippen LogP contribution in [0.2, 0.25) is 5.02 Å². The molecule has 6 nitrogen and oxygen atoms in total. The third-order valence-corrected chi connectivity index (χ3v) is 6.78. The molecule has 1 N–H and O–H groups in total. The van der Waals surface area contributed by atoms with Crippen molar-refractivity contribution < 1.29 is 9.53 Å². The second kappa shape index (κ2) is 9.20. The number of ether oxygens (including phenoxy) is 1. The molecule has 1 amide bonds. The van der Waals surface area contributed by atoms with Gasteiger partial charge in [-0.25, -0.2) is 4.98 Å². The zero-order valence-corrected chi connectivity index (χ0v) is 18.7. The highest BCUT2D eigenvalue weighted by Crippen LogP contribution is 2.38. The van der Waals surface area contributed by atoms with Gasteiger partial charge in [0.25, 0.3) is 5.91 Å². The maximum absolute atomic E-state index is 12.3. The molecule has 0 unspecified atom stereocenters. The minimum absolute atomic E-state index is 0.00572. The highest BCUT2D eigenvalue weighted by Gasteiger charge is 2.21. The number of hydrogen-bond donors (Lipinski definition) is 1. The average Bonchev–Trinajstić information content (AvgIpc) is 3.19. The molecule has 8 heteroatoms. The van der Waals surface area contributed by atoms with E-state index in [1.165, 1.54) is 0 Å². The second-order valence-corrected chi connectivity index (χ2v) is 8.74. The van der Waals surface area contributed by atoms with E-state index in [1.54, 1.807) is 18.4 Å². The summed E-state index contributed by atoms with van der Waals surface area (Å²) in [6, 6.07) is 11.5. The summed E-state index contributed by atoms with van der Waals surface area (Å²) in [5.41, 5.74) is 2.57. The molecule has 0 spiro atoms. The number of anilines is 1. The number of amides is 1. The van der Waals surface area contributed by atoms with E-state index in [-0.39, 0.29) is 5.91 Å². The number of rotatable bonds is 6. The molecular weight excluding hydrogens is 420 g/mol. The van der Waals surface area contributed by atoms with Crippen LogP contribution in [-0.4, -0.2) is 62.2 Å².